The van der Waals surface area contributed by atoms with Gasteiger partial charge >= 0.3 is 0 Å². The minimum atomic E-state index is 0.326. The van der Waals surface area contributed by atoms with Gasteiger partial charge in [0.1, 0.15) is 0 Å². The van der Waals surface area contributed by atoms with Crippen molar-refractivity contribution in [2.75, 3.05) is 13.6 Å². The molecule has 0 spiro atoms. The molecule has 2 N–H and O–H groups in total. The molecule has 1 aromatic carbocycles. The molecule has 3 rings (SSSR count). The Morgan fingerprint density at radius 1 is 1.20 bits per heavy atom. The van der Waals surface area contributed by atoms with E-state index in [4.69, 9.17) is 0 Å². The largest absolute Gasteiger partial charge is 0.356 e. The molecule has 0 unspecified atom stereocenters. The van der Waals surface area contributed by atoms with Crippen LogP contribution in [0.1, 0.15) is 31.2 Å². The molecular weight excluding hydrogens is 246 g/mol. The molecule has 0 heterocycles. The summed E-state index contributed by atoms with van der Waals surface area (Å²) in [5.74, 6) is 0.931. The van der Waals surface area contributed by atoms with Crippen molar-refractivity contribution < 1.29 is 0 Å². The van der Waals surface area contributed by atoms with Gasteiger partial charge in [0.25, 0.3) is 0 Å². The molecular formula is C17H23N3. The number of rotatable bonds is 4. The van der Waals surface area contributed by atoms with Crippen molar-refractivity contribution in [3.63, 3.8) is 0 Å². The van der Waals surface area contributed by atoms with Gasteiger partial charge in [0.15, 0.2) is 5.96 Å². The van der Waals surface area contributed by atoms with Crippen LogP contribution in [0.3, 0.4) is 0 Å². The van der Waals surface area contributed by atoms with Crippen LogP contribution in [-0.2, 0) is 5.41 Å². The fourth-order valence-corrected chi connectivity index (χ4v) is 2.89. The summed E-state index contributed by atoms with van der Waals surface area (Å²) in [5.41, 5.74) is 1.78. The second-order valence-electron chi connectivity index (χ2n) is 5.86. The smallest absolute Gasteiger partial charge is 0.191 e. The summed E-state index contributed by atoms with van der Waals surface area (Å²) < 4.78 is 0. The van der Waals surface area contributed by atoms with Gasteiger partial charge in [-0.2, -0.15) is 0 Å². The quantitative estimate of drug-likeness (QED) is 0.501. The zero-order valence-electron chi connectivity index (χ0n) is 12.1. The second-order valence-corrected chi connectivity index (χ2v) is 5.86. The molecule has 3 heteroatoms. The average Bonchev–Trinajstić information content (AvgIpc) is 3.12. The minimum absolute atomic E-state index is 0.326. The van der Waals surface area contributed by atoms with Crippen molar-refractivity contribution in [3.8, 4) is 0 Å². The van der Waals surface area contributed by atoms with Crippen molar-refractivity contribution in [2.24, 2.45) is 4.99 Å². The van der Waals surface area contributed by atoms with E-state index in [1.54, 1.807) is 0 Å². The van der Waals surface area contributed by atoms with Crippen LogP contribution in [0.2, 0.25) is 0 Å². The van der Waals surface area contributed by atoms with E-state index in [9.17, 15) is 0 Å². The van der Waals surface area contributed by atoms with Gasteiger partial charge in [0, 0.05) is 25.0 Å². The van der Waals surface area contributed by atoms with Gasteiger partial charge in [-0.25, -0.2) is 0 Å². The van der Waals surface area contributed by atoms with Gasteiger partial charge in [0.2, 0.25) is 0 Å². The summed E-state index contributed by atoms with van der Waals surface area (Å²) in [6.07, 6.45) is 9.21. The molecule has 106 valence electrons. The van der Waals surface area contributed by atoms with Gasteiger partial charge in [-0.15, -0.1) is 0 Å². The molecule has 0 bridgehead atoms. The van der Waals surface area contributed by atoms with Crippen LogP contribution in [0.5, 0.6) is 0 Å². The Morgan fingerprint density at radius 2 is 1.90 bits per heavy atom. The normalized spacial score (nSPS) is 20.9. The number of guanidine groups is 1. The van der Waals surface area contributed by atoms with Crippen molar-refractivity contribution in [3.05, 3.63) is 48.0 Å². The molecule has 0 aliphatic heterocycles. The van der Waals surface area contributed by atoms with Gasteiger partial charge in [-0.3, -0.25) is 4.99 Å². The number of hydrogen-bond acceptors (Lipinski definition) is 1. The fourth-order valence-electron chi connectivity index (χ4n) is 2.89. The van der Waals surface area contributed by atoms with E-state index in [0.717, 1.165) is 25.3 Å². The van der Waals surface area contributed by atoms with Gasteiger partial charge < -0.3 is 10.6 Å². The molecule has 0 amide bonds. The molecule has 20 heavy (non-hydrogen) atoms. The SMILES string of the molecule is CN=C(NCC1(c2ccccc2)CC1)NC1CC=CC1. The Morgan fingerprint density at radius 3 is 2.50 bits per heavy atom. The monoisotopic (exact) mass is 269 g/mol. The Labute approximate surface area is 121 Å². The molecule has 0 saturated heterocycles. The highest BCUT2D eigenvalue weighted by Crippen LogP contribution is 2.47. The molecule has 1 saturated carbocycles. The van der Waals surface area contributed by atoms with E-state index in [-0.39, 0.29) is 0 Å². The number of nitrogens with one attached hydrogen (secondary N) is 2. The Hall–Kier alpha value is -1.77. The highest BCUT2D eigenvalue weighted by Gasteiger charge is 2.44. The second kappa shape index (κ2) is 5.70. The zero-order chi connectivity index (χ0) is 13.8. The molecule has 2 aliphatic carbocycles. The summed E-state index contributed by atoms with van der Waals surface area (Å²) in [6, 6.07) is 11.3. The predicted molar refractivity (Wildman–Crippen MR) is 84.0 cm³/mol. The molecule has 0 atom stereocenters. The number of nitrogens with zero attached hydrogens (tertiary/aromatic N) is 1. The van der Waals surface area contributed by atoms with Crippen LogP contribution < -0.4 is 10.6 Å². The van der Waals surface area contributed by atoms with Crippen molar-refractivity contribution in [2.45, 2.75) is 37.1 Å². The Balaban J connectivity index is 1.55. The van der Waals surface area contributed by atoms with Gasteiger partial charge in [0.05, 0.1) is 0 Å². The zero-order valence-corrected chi connectivity index (χ0v) is 12.1. The van der Waals surface area contributed by atoms with E-state index >= 15 is 0 Å². The van der Waals surface area contributed by atoms with Crippen LogP contribution in [0.15, 0.2) is 47.5 Å². The first kappa shape index (κ1) is 13.2. The number of aliphatic imine (C=N–C) groups is 1. The fraction of sp³-hybridized carbons (Fsp3) is 0.471. The summed E-state index contributed by atoms with van der Waals surface area (Å²) in [5, 5.41) is 7.00. The lowest BCUT2D eigenvalue weighted by molar-refractivity contribution is 0.605. The lowest BCUT2D eigenvalue weighted by atomic mass is 9.96. The third-order valence-electron chi connectivity index (χ3n) is 4.41. The standard InChI is InChI=1S/C17H23N3/c1-18-16(20-15-9-5-6-10-15)19-13-17(11-12-17)14-7-3-2-4-8-14/h2-8,15H,9-13H2,1H3,(H2,18,19,20). The average molecular weight is 269 g/mol. The maximum Gasteiger partial charge on any atom is 0.191 e. The van der Waals surface area contributed by atoms with Crippen molar-refractivity contribution in [1.29, 1.82) is 0 Å². The highest BCUT2D eigenvalue weighted by molar-refractivity contribution is 5.80. The lowest BCUT2D eigenvalue weighted by Gasteiger charge is -2.21. The van der Waals surface area contributed by atoms with E-state index in [0.29, 0.717) is 11.5 Å². The van der Waals surface area contributed by atoms with Crippen molar-refractivity contribution >= 4 is 5.96 Å². The topological polar surface area (TPSA) is 36.4 Å². The van der Waals surface area contributed by atoms with E-state index in [1.165, 1.54) is 18.4 Å². The minimum Gasteiger partial charge on any atom is -0.356 e. The maximum absolute atomic E-state index is 4.34. The molecule has 1 fully saturated rings. The van der Waals surface area contributed by atoms with Crippen LogP contribution in [0.25, 0.3) is 0 Å². The van der Waals surface area contributed by atoms with E-state index in [1.807, 2.05) is 7.05 Å². The van der Waals surface area contributed by atoms with Crippen LogP contribution in [-0.4, -0.2) is 25.6 Å². The summed E-state index contributed by atoms with van der Waals surface area (Å²) >= 11 is 0. The van der Waals surface area contributed by atoms with Crippen LogP contribution in [0.4, 0.5) is 0 Å². The summed E-state index contributed by atoms with van der Waals surface area (Å²) in [6.45, 7) is 0.969. The predicted octanol–water partition coefficient (Wildman–Crippen LogP) is 2.60. The molecule has 0 aromatic heterocycles. The number of benzene rings is 1. The first-order valence-corrected chi connectivity index (χ1v) is 7.50. The first-order chi connectivity index (χ1) is 9.82. The maximum atomic E-state index is 4.34. The highest BCUT2D eigenvalue weighted by atomic mass is 15.2. The lowest BCUT2D eigenvalue weighted by Crippen LogP contribution is -2.45. The molecule has 1 aromatic rings. The third kappa shape index (κ3) is 2.87. The Bertz CT molecular complexity index is 492. The Kier molecular flexibility index (Phi) is 3.77. The molecule has 3 nitrogen and oxygen atoms in total. The summed E-state index contributed by atoms with van der Waals surface area (Å²) in [7, 11) is 1.85. The molecule has 2 aliphatic rings. The van der Waals surface area contributed by atoms with Crippen LogP contribution >= 0.6 is 0 Å². The van der Waals surface area contributed by atoms with Crippen molar-refractivity contribution in [1.82, 2.24) is 10.6 Å². The van der Waals surface area contributed by atoms with Gasteiger partial charge in [-0.05, 0) is 31.2 Å². The summed E-state index contributed by atoms with van der Waals surface area (Å²) in [4.78, 5) is 4.34. The number of hydrogen-bond donors (Lipinski definition) is 2. The van der Waals surface area contributed by atoms with Crippen LogP contribution in [0, 0.1) is 0 Å². The van der Waals surface area contributed by atoms with E-state index < -0.39 is 0 Å². The van der Waals surface area contributed by atoms with Gasteiger partial charge in [-0.1, -0.05) is 42.5 Å². The first-order valence-electron chi connectivity index (χ1n) is 7.50. The third-order valence-corrected chi connectivity index (χ3v) is 4.41. The molecule has 0 radical (unpaired) electrons. The van der Waals surface area contributed by atoms with E-state index in [2.05, 4.69) is 58.1 Å².